The van der Waals surface area contributed by atoms with Crippen LogP contribution in [-0.2, 0) is 0 Å². The molecule has 0 spiro atoms. The molecular formula is C16H34N2. The SMILES string of the molecule is CCC(C)CN(CC)C1(CN)CCCC(CC)C1. The molecule has 0 aliphatic heterocycles. The predicted octanol–water partition coefficient (Wildman–Crippen LogP) is 3.65. The summed E-state index contributed by atoms with van der Waals surface area (Å²) in [4.78, 5) is 2.70. The molecule has 0 aromatic rings. The highest BCUT2D eigenvalue weighted by molar-refractivity contribution is 4.96. The Morgan fingerprint density at radius 1 is 1.33 bits per heavy atom. The number of hydrogen-bond acceptors (Lipinski definition) is 2. The minimum Gasteiger partial charge on any atom is -0.329 e. The minimum absolute atomic E-state index is 0.303. The summed E-state index contributed by atoms with van der Waals surface area (Å²) in [6.07, 6.45) is 8.01. The largest absolute Gasteiger partial charge is 0.329 e. The Bertz CT molecular complexity index is 229. The van der Waals surface area contributed by atoms with E-state index in [1.165, 1.54) is 45.1 Å². The van der Waals surface area contributed by atoms with Gasteiger partial charge in [-0.05, 0) is 31.2 Å². The molecule has 1 rings (SSSR count). The zero-order valence-electron chi connectivity index (χ0n) is 13.0. The van der Waals surface area contributed by atoms with Gasteiger partial charge in [0.25, 0.3) is 0 Å². The molecule has 0 saturated heterocycles. The van der Waals surface area contributed by atoms with Crippen LogP contribution in [0.25, 0.3) is 0 Å². The quantitative estimate of drug-likeness (QED) is 0.751. The van der Waals surface area contributed by atoms with E-state index in [0.717, 1.165) is 24.9 Å². The van der Waals surface area contributed by atoms with E-state index in [1.807, 2.05) is 0 Å². The average Bonchev–Trinajstić information content (AvgIpc) is 2.44. The van der Waals surface area contributed by atoms with Gasteiger partial charge in [0, 0.05) is 18.6 Å². The summed E-state index contributed by atoms with van der Waals surface area (Å²) in [6, 6.07) is 0. The van der Waals surface area contributed by atoms with E-state index in [2.05, 4.69) is 32.6 Å². The minimum atomic E-state index is 0.303. The van der Waals surface area contributed by atoms with Crippen LogP contribution in [0.5, 0.6) is 0 Å². The van der Waals surface area contributed by atoms with Crippen LogP contribution in [0.1, 0.15) is 66.2 Å². The molecule has 2 heteroatoms. The maximum Gasteiger partial charge on any atom is 0.0334 e. The normalized spacial score (nSPS) is 30.7. The van der Waals surface area contributed by atoms with Crippen LogP contribution >= 0.6 is 0 Å². The predicted molar refractivity (Wildman–Crippen MR) is 80.7 cm³/mol. The lowest BCUT2D eigenvalue weighted by atomic mass is 9.73. The average molecular weight is 254 g/mol. The van der Waals surface area contributed by atoms with Crippen molar-refractivity contribution in [1.29, 1.82) is 0 Å². The van der Waals surface area contributed by atoms with Crippen LogP contribution in [0.15, 0.2) is 0 Å². The summed E-state index contributed by atoms with van der Waals surface area (Å²) in [5.41, 5.74) is 6.51. The molecule has 3 atom stereocenters. The van der Waals surface area contributed by atoms with Crippen molar-refractivity contribution >= 4 is 0 Å². The van der Waals surface area contributed by atoms with Crippen molar-refractivity contribution in [3.05, 3.63) is 0 Å². The molecule has 2 nitrogen and oxygen atoms in total. The lowest BCUT2D eigenvalue weighted by Gasteiger charge is -2.49. The van der Waals surface area contributed by atoms with Gasteiger partial charge in [0.15, 0.2) is 0 Å². The molecule has 1 aliphatic carbocycles. The van der Waals surface area contributed by atoms with Crippen molar-refractivity contribution in [3.63, 3.8) is 0 Å². The van der Waals surface area contributed by atoms with Gasteiger partial charge in [0.05, 0.1) is 0 Å². The van der Waals surface area contributed by atoms with Crippen LogP contribution in [0.2, 0.25) is 0 Å². The summed E-state index contributed by atoms with van der Waals surface area (Å²) < 4.78 is 0. The molecule has 0 aromatic carbocycles. The van der Waals surface area contributed by atoms with Gasteiger partial charge in [-0.1, -0.05) is 53.4 Å². The van der Waals surface area contributed by atoms with Crippen LogP contribution in [0.3, 0.4) is 0 Å². The summed E-state index contributed by atoms with van der Waals surface area (Å²) in [5, 5.41) is 0. The Hall–Kier alpha value is -0.0800. The molecule has 18 heavy (non-hydrogen) atoms. The fraction of sp³-hybridized carbons (Fsp3) is 1.00. The first kappa shape index (κ1) is 16.0. The highest BCUT2D eigenvalue weighted by atomic mass is 15.2. The third-order valence-electron chi connectivity index (χ3n) is 5.16. The van der Waals surface area contributed by atoms with E-state index in [0.29, 0.717) is 5.54 Å². The first-order chi connectivity index (χ1) is 8.61. The fourth-order valence-electron chi connectivity index (χ4n) is 3.57. The summed E-state index contributed by atoms with van der Waals surface area (Å²) in [6.45, 7) is 12.5. The van der Waals surface area contributed by atoms with Gasteiger partial charge >= 0.3 is 0 Å². The molecule has 3 unspecified atom stereocenters. The summed E-state index contributed by atoms with van der Waals surface area (Å²) in [5.74, 6) is 1.68. The monoisotopic (exact) mass is 254 g/mol. The third-order valence-corrected chi connectivity index (χ3v) is 5.16. The number of rotatable bonds is 7. The number of nitrogens with two attached hydrogens (primary N) is 1. The maximum atomic E-state index is 6.21. The van der Waals surface area contributed by atoms with Crippen molar-refractivity contribution in [2.75, 3.05) is 19.6 Å². The lowest BCUT2D eigenvalue weighted by molar-refractivity contribution is 0.0281. The first-order valence-corrected chi connectivity index (χ1v) is 8.06. The number of hydrogen-bond donors (Lipinski definition) is 1. The third kappa shape index (κ3) is 3.71. The van der Waals surface area contributed by atoms with E-state index in [4.69, 9.17) is 5.73 Å². The molecule has 0 amide bonds. The zero-order chi connectivity index (χ0) is 13.6. The van der Waals surface area contributed by atoms with Crippen molar-refractivity contribution < 1.29 is 0 Å². The van der Waals surface area contributed by atoms with Gasteiger partial charge < -0.3 is 5.73 Å². The summed E-state index contributed by atoms with van der Waals surface area (Å²) in [7, 11) is 0. The van der Waals surface area contributed by atoms with Crippen LogP contribution in [0.4, 0.5) is 0 Å². The van der Waals surface area contributed by atoms with Gasteiger partial charge in [-0.2, -0.15) is 0 Å². The molecule has 0 bridgehead atoms. The van der Waals surface area contributed by atoms with Crippen molar-refractivity contribution in [2.24, 2.45) is 17.6 Å². The molecule has 108 valence electrons. The molecular weight excluding hydrogens is 220 g/mol. The van der Waals surface area contributed by atoms with Gasteiger partial charge in [0.1, 0.15) is 0 Å². The topological polar surface area (TPSA) is 29.3 Å². The second-order valence-electron chi connectivity index (χ2n) is 6.35. The Kier molecular flexibility index (Phi) is 6.65. The molecule has 0 radical (unpaired) electrons. The van der Waals surface area contributed by atoms with Crippen molar-refractivity contribution in [2.45, 2.75) is 71.8 Å². The van der Waals surface area contributed by atoms with Crippen LogP contribution in [0, 0.1) is 11.8 Å². The van der Waals surface area contributed by atoms with Gasteiger partial charge in [-0.15, -0.1) is 0 Å². The van der Waals surface area contributed by atoms with Gasteiger partial charge in [-0.25, -0.2) is 0 Å². The van der Waals surface area contributed by atoms with E-state index in [-0.39, 0.29) is 0 Å². The van der Waals surface area contributed by atoms with Crippen LogP contribution < -0.4 is 5.73 Å². The van der Waals surface area contributed by atoms with E-state index < -0.39 is 0 Å². The zero-order valence-corrected chi connectivity index (χ0v) is 13.0. The molecule has 2 N–H and O–H groups in total. The van der Waals surface area contributed by atoms with E-state index >= 15 is 0 Å². The molecule has 0 aromatic heterocycles. The standard InChI is InChI=1S/C16H34N2/c1-5-14(4)12-18(7-3)16(13-17)10-8-9-15(6-2)11-16/h14-15H,5-13,17H2,1-4H3. The van der Waals surface area contributed by atoms with Gasteiger partial charge in [-0.3, -0.25) is 4.90 Å². The van der Waals surface area contributed by atoms with Gasteiger partial charge in [0.2, 0.25) is 0 Å². The number of nitrogens with zero attached hydrogens (tertiary/aromatic N) is 1. The molecule has 1 aliphatic rings. The highest BCUT2D eigenvalue weighted by Crippen LogP contribution is 2.38. The molecule has 1 saturated carbocycles. The molecule has 1 fully saturated rings. The summed E-state index contributed by atoms with van der Waals surface area (Å²) >= 11 is 0. The molecule has 0 heterocycles. The van der Waals surface area contributed by atoms with Crippen LogP contribution in [-0.4, -0.2) is 30.1 Å². The highest BCUT2D eigenvalue weighted by Gasteiger charge is 2.39. The second-order valence-corrected chi connectivity index (χ2v) is 6.35. The maximum absolute atomic E-state index is 6.21. The smallest absolute Gasteiger partial charge is 0.0334 e. The Balaban J connectivity index is 2.76. The van der Waals surface area contributed by atoms with Crippen molar-refractivity contribution in [3.8, 4) is 0 Å². The first-order valence-electron chi connectivity index (χ1n) is 8.06. The van der Waals surface area contributed by atoms with Crippen molar-refractivity contribution in [1.82, 2.24) is 4.90 Å². The van der Waals surface area contributed by atoms with E-state index in [1.54, 1.807) is 0 Å². The number of likely N-dealkylation sites (N-methyl/N-ethyl adjacent to an activating group) is 1. The Morgan fingerprint density at radius 3 is 2.56 bits per heavy atom. The van der Waals surface area contributed by atoms with E-state index in [9.17, 15) is 0 Å². The fourth-order valence-corrected chi connectivity index (χ4v) is 3.57. The Labute approximate surface area is 114 Å². The lowest BCUT2D eigenvalue weighted by Crippen LogP contribution is -2.57. The Morgan fingerprint density at radius 2 is 2.06 bits per heavy atom. The second kappa shape index (κ2) is 7.49.